The van der Waals surface area contributed by atoms with Crippen LogP contribution in [0.1, 0.15) is 46.8 Å². The number of nitrogens with one attached hydrogen (secondary N) is 1. The predicted molar refractivity (Wildman–Crippen MR) is 118 cm³/mol. The van der Waals surface area contributed by atoms with Crippen molar-refractivity contribution >= 4 is 38.8 Å². The number of amides is 1. The summed E-state index contributed by atoms with van der Waals surface area (Å²) in [4.78, 5) is 36.2. The number of hydrogen-bond acceptors (Lipinski definition) is 5. The van der Waals surface area contributed by atoms with E-state index in [0.717, 1.165) is 21.0 Å². The molecule has 30 heavy (non-hydrogen) atoms. The van der Waals surface area contributed by atoms with Gasteiger partial charge in [0.2, 0.25) is 0 Å². The number of fused-ring (bicyclic) bond motifs is 1. The average Bonchev–Trinajstić information content (AvgIpc) is 2.69. The molecule has 0 atom stereocenters. The van der Waals surface area contributed by atoms with Gasteiger partial charge in [-0.25, -0.2) is 4.79 Å². The van der Waals surface area contributed by atoms with Crippen molar-refractivity contribution in [3.63, 3.8) is 0 Å². The minimum Gasteiger partial charge on any atom is -0.459 e. The van der Waals surface area contributed by atoms with Gasteiger partial charge in [-0.3, -0.25) is 9.59 Å². The fourth-order valence-electron chi connectivity index (χ4n) is 3.23. The predicted octanol–water partition coefficient (Wildman–Crippen LogP) is 4.46. The number of hydrogen-bond donors (Lipinski definition) is 1. The maximum absolute atomic E-state index is 12.1. The van der Waals surface area contributed by atoms with Crippen molar-refractivity contribution in [3.05, 3.63) is 79.6 Å². The van der Waals surface area contributed by atoms with Crippen LogP contribution in [-0.2, 0) is 16.1 Å². The molecule has 0 fully saturated rings. The second-order valence-corrected chi connectivity index (χ2v) is 8.22. The topological polar surface area (TPSA) is 85.6 Å². The van der Waals surface area contributed by atoms with Gasteiger partial charge >= 0.3 is 11.6 Å². The van der Waals surface area contributed by atoms with Crippen LogP contribution in [0.3, 0.4) is 0 Å². The first kappa shape index (κ1) is 21.8. The third-order valence-electron chi connectivity index (χ3n) is 4.71. The van der Waals surface area contributed by atoms with E-state index in [4.69, 9.17) is 9.15 Å². The molecule has 0 aliphatic carbocycles. The van der Waals surface area contributed by atoms with Gasteiger partial charge in [-0.2, -0.15) is 0 Å². The van der Waals surface area contributed by atoms with E-state index in [2.05, 4.69) is 35.1 Å². The van der Waals surface area contributed by atoms with Gasteiger partial charge in [0.15, 0.2) is 0 Å². The Morgan fingerprint density at radius 1 is 1.17 bits per heavy atom. The highest BCUT2D eigenvalue weighted by Crippen LogP contribution is 2.27. The van der Waals surface area contributed by atoms with E-state index < -0.39 is 11.6 Å². The molecule has 1 heterocycles. The summed E-state index contributed by atoms with van der Waals surface area (Å²) in [5.41, 5.74) is 3.11. The van der Waals surface area contributed by atoms with Crippen LogP contribution in [0, 0.1) is 6.92 Å². The average molecular weight is 472 g/mol. The molecule has 3 aromatic rings. The molecule has 0 bridgehead atoms. The summed E-state index contributed by atoms with van der Waals surface area (Å²) in [6, 6.07) is 12.0. The quantitative estimate of drug-likeness (QED) is 0.423. The Bertz CT molecular complexity index is 1170. The Balaban J connectivity index is 1.70. The summed E-state index contributed by atoms with van der Waals surface area (Å²) < 4.78 is 11.4. The highest BCUT2D eigenvalue weighted by Gasteiger charge is 2.14. The number of carbonyl (C=O) groups is 2. The molecule has 3 rings (SSSR count). The first-order valence-electron chi connectivity index (χ1n) is 9.51. The zero-order valence-corrected chi connectivity index (χ0v) is 18.5. The molecule has 0 unspecified atom stereocenters. The first-order valence-corrected chi connectivity index (χ1v) is 10.3. The third kappa shape index (κ3) is 5.16. The van der Waals surface area contributed by atoms with E-state index in [1.165, 1.54) is 6.07 Å². The van der Waals surface area contributed by atoms with Gasteiger partial charge in [-0.15, -0.1) is 0 Å². The van der Waals surface area contributed by atoms with Gasteiger partial charge in [-0.05, 0) is 54.3 Å². The molecule has 0 aliphatic heterocycles. The van der Waals surface area contributed by atoms with E-state index in [-0.39, 0.29) is 19.1 Å². The Hall–Kier alpha value is -2.93. The van der Waals surface area contributed by atoms with Gasteiger partial charge in [-0.1, -0.05) is 35.8 Å². The molecule has 2 aromatic carbocycles. The van der Waals surface area contributed by atoms with Crippen LogP contribution in [0.2, 0.25) is 0 Å². The number of benzene rings is 2. The lowest BCUT2D eigenvalue weighted by atomic mass is 9.95. The normalized spacial score (nSPS) is 11.0. The van der Waals surface area contributed by atoms with Gasteiger partial charge in [0, 0.05) is 27.1 Å². The molecule has 1 amide bonds. The Labute approximate surface area is 182 Å². The smallest absolute Gasteiger partial charge is 0.336 e. The SMILES string of the molecule is Cc1cc2oc(=O)cc(COC(=O)CNC(=O)c3cccc(Br)c3)c2cc1C(C)C. The number of ether oxygens (including phenoxy) is 1. The van der Waals surface area contributed by atoms with E-state index in [1.807, 2.05) is 19.1 Å². The van der Waals surface area contributed by atoms with Gasteiger partial charge in [0.1, 0.15) is 18.7 Å². The second-order valence-electron chi connectivity index (χ2n) is 7.30. The van der Waals surface area contributed by atoms with Crippen molar-refractivity contribution in [3.8, 4) is 0 Å². The molecule has 7 heteroatoms. The van der Waals surface area contributed by atoms with Crippen LogP contribution in [0.25, 0.3) is 11.0 Å². The van der Waals surface area contributed by atoms with Crippen LogP contribution in [0.15, 0.2) is 56.1 Å². The van der Waals surface area contributed by atoms with E-state index in [9.17, 15) is 14.4 Å². The molecule has 0 radical (unpaired) electrons. The fourth-order valence-corrected chi connectivity index (χ4v) is 3.63. The largest absolute Gasteiger partial charge is 0.459 e. The number of carbonyl (C=O) groups excluding carboxylic acids is 2. The number of esters is 1. The highest BCUT2D eigenvalue weighted by molar-refractivity contribution is 9.10. The fraction of sp³-hybridized carbons (Fsp3) is 0.261. The monoisotopic (exact) mass is 471 g/mol. The summed E-state index contributed by atoms with van der Waals surface area (Å²) in [6.45, 7) is 5.77. The van der Waals surface area contributed by atoms with Gasteiger partial charge < -0.3 is 14.5 Å². The summed E-state index contributed by atoms with van der Waals surface area (Å²) in [5, 5.41) is 3.26. The minimum absolute atomic E-state index is 0.0890. The molecular weight excluding hydrogens is 450 g/mol. The highest BCUT2D eigenvalue weighted by atomic mass is 79.9. The molecule has 1 aromatic heterocycles. The Morgan fingerprint density at radius 2 is 1.93 bits per heavy atom. The first-order chi connectivity index (χ1) is 14.2. The molecule has 0 aliphatic rings. The van der Waals surface area contributed by atoms with E-state index >= 15 is 0 Å². The maximum Gasteiger partial charge on any atom is 0.336 e. The van der Waals surface area contributed by atoms with Crippen LogP contribution in [0.4, 0.5) is 0 Å². The van der Waals surface area contributed by atoms with Crippen LogP contribution < -0.4 is 10.9 Å². The zero-order chi connectivity index (χ0) is 21.8. The lowest BCUT2D eigenvalue weighted by molar-refractivity contribution is -0.143. The van der Waals surface area contributed by atoms with Crippen LogP contribution in [0.5, 0.6) is 0 Å². The number of rotatable bonds is 6. The maximum atomic E-state index is 12.1. The molecule has 156 valence electrons. The third-order valence-corrected chi connectivity index (χ3v) is 5.20. The molecule has 6 nitrogen and oxygen atoms in total. The van der Waals surface area contributed by atoms with Crippen LogP contribution in [-0.4, -0.2) is 18.4 Å². The minimum atomic E-state index is -0.601. The number of aryl methyl sites for hydroxylation is 1. The van der Waals surface area contributed by atoms with Crippen molar-refractivity contribution < 1.29 is 18.7 Å². The molecular formula is C23H22BrNO5. The Kier molecular flexibility index (Phi) is 6.72. The standard InChI is InChI=1S/C23H22BrNO5/c1-13(2)18-10-19-16(9-21(26)30-20(19)7-14(18)3)12-29-22(27)11-25-23(28)15-5-4-6-17(24)8-15/h4-10,13H,11-12H2,1-3H3,(H,25,28). The lowest BCUT2D eigenvalue weighted by Crippen LogP contribution is -2.30. The van der Waals surface area contributed by atoms with Crippen LogP contribution >= 0.6 is 15.9 Å². The molecule has 0 saturated carbocycles. The molecule has 1 N–H and O–H groups in total. The molecule has 0 spiro atoms. The number of halogens is 1. The van der Waals surface area contributed by atoms with Crippen molar-refractivity contribution in [1.82, 2.24) is 5.32 Å². The van der Waals surface area contributed by atoms with Gasteiger partial charge in [0.25, 0.3) is 5.91 Å². The summed E-state index contributed by atoms with van der Waals surface area (Å²) >= 11 is 3.30. The van der Waals surface area contributed by atoms with E-state index in [1.54, 1.807) is 24.3 Å². The van der Waals surface area contributed by atoms with Crippen molar-refractivity contribution in [2.24, 2.45) is 0 Å². The summed E-state index contributed by atoms with van der Waals surface area (Å²) in [5.74, 6) is -0.683. The summed E-state index contributed by atoms with van der Waals surface area (Å²) in [7, 11) is 0. The van der Waals surface area contributed by atoms with E-state index in [0.29, 0.717) is 22.6 Å². The van der Waals surface area contributed by atoms with Crippen molar-refractivity contribution in [1.29, 1.82) is 0 Å². The van der Waals surface area contributed by atoms with Gasteiger partial charge in [0.05, 0.1) is 0 Å². The Morgan fingerprint density at radius 3 is 2.63 bits per heavy atom. The van der Waals surface area contributed by atoms with Crippen molar-refractivity contribution in [2.75, 3.05) is 6.54 Å². The zero-order valence-electron chi connectivity index (χ0n) is 17.0. The molecule has 0 saturated heterocycles. The second kappa shape index (κ2) is 9.26. The van der Waals surface area contributed by atoms with Crippen molar-refractivity contribution in [2.45, 2.75) is 33.3 Å². The summed E-state index contributed by atoms with van der Waals surface area (Å²) in [6.07, 6.45) is 0. The lowest BCUT2D eigenvalue weighted by Gasteiger charge is -2.13.